The Morgan fingerprint density at radius 2 is 1.64 bits per heavy atom. The van der Waals surface area contributed by atoms with Crippen LogP contribution in [-0.2, 0) is 9.53 Å². The summed E-state index contributed by atoms with van der Waals surface area (Å²) in [6.07, 6.45) is 2.15. The Labute approximate surface area is 133 Å². The van der Waals surface area contributed by atoms with E-state index in [1.807, 2.05) is 25.7 Å². The van der Waals surface area contributed by atoms with Gasteiger partial charge in [-0.1, -0.05) is 0 Å². The van der Waals surface area contributed by atoms with Gasteiger partial charge in [0, 0.05) is 45.7 Å². The van der Waals surface area contributed by atoms with Crippen molar-refractivity contribution in [2.45, 2.75) is 45.6 Å². The number of likely N-dealkylation sites (tertiary alicyclic amines) is 1. The lowest BCUT2D eigenvalue weighted by atomic mass is 9.93. The van der Waals surface area contributed by atoms with Gasteiger partial charge >= 0.3 is 6.09 Å². The van der Waals surface area contributed by atoms with Crippen LogP contribution in [0.4, 0.5) is 4.79 Å². The van der Waals surface area contributed by atoms with E-state index in [1.54, 1.807) is 4.90 Å². The molecule has 2 saturated heterocycles. The first-order valence-electron chi connectivity index (χ1n) is 8.31. The molecule has 2 aliphatic rings. The molecule has 0 atom stereocenters. The first-order valence-corrected chi connectivity index (χ1v) is 8.31. The number of carbonyl (C=O) groups excluding carboxylic acids is 2. The third-order valence-electron chi connectivity index (χ3n) is 4.20. The maximum Gasteiger partial charge on any atom is 0.410 e. The van der Waals surface area contributed by atoms with Crippen LogP contribution in [-0.4, -0.2) is 66.7 Å². The minimum absolute atomic E-state index is 0.237. The summed E-state index contributed by atoms with van der Waals surface area (Å²) in [5.41, 5.74) is -0.452. The Hall–Kier alpha value is -1.30. The lowest BCUT2D eigenvalue weighted by molar-refractivity contribution is -0.133. The molecule has 0 radical (unpaired) electrons. The van der Waals surface area contributed by atoms with Crippen LogP contribution < -0.4 is 5.32 Å². The Bertz CT molecular complexity index is 392. The van der Waals surface area contributed by atoms with E-state index in [9.17, 15) is 9.59 Å². The quantitative estimate of drug-likeness (QED) is 0.838. The average Bonchev–Trinajstić information content (AvgIpc) is 2.47. The van der Waals surface area contributed by atoms with E-state index in [2.05, 4.69) is 5.32 Å². The SMILES string of the molecule is CC(C)(C)OC(=O)N1CCC(CC(=O)N2CCNCC2)CC1. The summed E-state index contributed by atoms with van der Waals surface area (Å²) < 4.78 is 5.39. The highest BCUT2D eigenvalue weighted by Crippen LogP contribution is 2.23. The highest BCUT2D eigenvalue weighted by molar-refractivity contribution is 5.76. The van der Waals surface area contributed by atoms with Crippen LogP contribution in [0.1, 0.15) is 40.0 Å². The largest absolute Gasteiger partial charge is 0.444 e. The van der Waals surface area contributed by atoms with Gasteiger partial charge in [0.05, 0.1) is 0 Å². The van der Waals surface area contributed by atoms with Crippen LogP contribution in [0.25, 0.3) is 0 Å². The number of piperazine rings is 1. The second-order valence-electron chi connectivity index (χ2n) is 7.25. The molecule has 2 rings (SSSR count). The van der Waals surface area contributed by atoms with Crippen molar-refractivity contribution in [2.24, 2.45) is 5.92 Å². The van der Waals surface area contributed by atoms with Crippen LogP contribution in [0.15, 0.2) is 0 Å². The van der Waals surface area contributed by atoms with Gasteiger partial charge in [-0.25, -0.2) is 4.79 Å². The minimum Gasteiger partial charge on any atom is -0.444 e. The maximum absolute atomic E-state index is 12.3. The Morgan fingerprint density at radius 1 is 1.05 bits per heavy atom. The number of rotatable bonds is 2. The molecule has 0 spiro atoms. The molecule has 0 saturated carbocycles. The van der Waals surface area contributed by atoms with E-state index in [1.165, 1.54) is 0 Å². The molecular formula is C16H29N3O3. The molecule has 2 fully saturated rings. The molecule has 6 nitrogen and oxygen atoms in total. The first-order chi connectivity index (χ1) is 10.3. The fraction of sp³-hybridized carbons (Fsp3) is 0.875. The predicted molar refractivity (Wildman–Crippen MR) is 84.6 cm³/mol. The third kappa shape index (κ3) is 5.16. The molecule has 2 amide bonds. The zero-order chi connectivity index (χ0) is 16.2. The van der Waals surface area contributed by atoms with E-state index < -0.39 is 5.60 Å². The van der Waals surface area contributed by atoms with Crippen molar-refractivity contribution < 1.29 is 14.3 Å². The number of piperidine rings is 1. The van der Waals surface area contributed by atoms with Gasteiger partial charge in [-0.2, -0.15) is 0 Å². The summed E-state index contributed by atoms with van der Waals surface area (Å²) in [6.45, 7) is 10.4. The fourth-order valence-corrected chi connectivity index (χ4v) is 2.94. The van der Waals surface area contributed by atoms with Gasteiger partial charge in [-0.3, -0.25) is 4.79 Å². The highest BCUT2D eigenvalue weighted by Gasteiger charge is 2.28. The van der Waals surface area contributed by atoms with Gasteiger partial charge in [0.1, 0.15) is 5.60 Å². The smallest absolute Gasteiger partial charge is 0.410 e. The summed E-state index contributed by atoms with van der Waals surface area (Å²) in [4.78, 5) is 28.0. The van der Waals surface area contributed by atoms with Gasteiger partial charge in [-0.15, -0.1) is 0 Å². The van der Waals surface area contributed by atoms with Crippen molar-refractivity contribution in [2.75, 3.05) is 39.3 Å². The first kappa shape index (κ1) is 17.1. The lowest BCUT2D eigenvalue weighted by Crippen LogP contribution is -2.47. The van der Waals surface area contributed by atoms with Gasteiger partial charge in [0.25, 0.3) is 0 Å². The zero-order valence-electron chi connectivity index (χ0n) is 14.1. The second-order valence-corrected chi connectivity index (χ2v) is 7.25. The van der Waals surface area contributed by atoms with Crippen molar-refractivity contribution in [3.8, 4) is 0 Å². The number of carbonyl (C=O) groups is 2. The van der Waals surface area contributed by atoms with Crippen LogP contribution in [0.3, 0.4) is 0 Å². The summed E-state index contributed by atoms with van der Waals surface area (Å²) in [6, 6.07) is 0. The van der Waals surface area contributed by atoms with Gasteiger partial charge in [0.2, 0.25) is 5.91 Å². The molecule has 0 aromatic rings. The summed E-state index contributed by atoms with van der Waals surface area (Å²) in [5.74, 6) is 0.651. The molecule has 0 aromatic heterocycles. The van der Waals surface area contributed by atoms with Crippen molar-refractivity contribution in [1.82, 2.24) is 15.1 Å². The second kappa shape index (κ2) is 7.31. The van der Waals surface area contributed by atoms with Crippen LogP contribution >= 0.6 is 0 Å². The number of hydrogen-bond donors (Lipinski definition) is 1. The molecule has 0 aromatic carbocycles. The van der Waals surface area contributed by atoms with Crippen LogP contribution in [0.2, 0.25) is 0 Å². The zero-order valence-corrected chi connectivity index (χ0v) is 14.1. The fourth-order valence-electron chi connectivity index (χ4n) is 2.94. The number of hydrogen-bond acceptors (Lipinski definition) is 4. The summed E-state index contributed by atoms with van der Waals surface area (Å²) in [7, 11) is 0. The Kier molecular flexibility index (Phi) is 5.67. The molecule has 126 valence electrons. The Balaban J connectivity index is 1.72. The van der Waals surface area contributed by atoms with Crippen molar-refractivity contribution in [3.63, 3.8) is 0 Å². The van der Waals surface area contributed by atoms with Crippen molar-refractivity contribution >= 4 is 12.0 Å². The number of nitrogens with zero attached hydrogens (tertiary/aromatic N) is 2. The van der Waals surface area contributed by atoms with Gasteiger partial charge in [0.15, 0.2) is 0 Å². The van der Waals surface area contributed by atoms with E-state index in [0.717, 1.165) is 39.0 Å². The van der Waals surface area contributed by atoms with Crippen molar-refractivity contribution in [3.05, 3.63) is 0 Å². The normalized spacial score (nSPS) is 20.9. The topological polar surface area (TPSA) is 61.9 Å². The van der Waals surface area contributed by atoms with Crippen LogP contribution in [0.5, 0.6) is 0 Å². The van der Waals surface area contributed by atoms with E-state index in [4.69, 9.17) is 4.74 Å². The van der Waals surface area contributed by atoms with E-state index in [-0.39, 0.29) is 12.0 Å². The predicted octanol–water partition coefficient (Wildman–Crippen LogP) is 1.46. The molecule has 6 heteroatoms. The van der Waals surface area contributed by atoms with E-state index in [0.29, 0.717) is 25.4 Å². The minimum atomic E-state index is -0.452. The van der Waals surface area contributed by atoms with Crippen molar-refractivity contribution in [1.29, 1.82) is 0 Å². The average molecular weight is 311 g/mol. The monoisotopic (exact) mass is 311 g/mol. The molecule has 2 heterocycles. The van der Waals surface area contributed by atoms with E-state index >= 15 is 0 Å². The molecule has 22 heavy (non-hydrogen) atoms. The summed E-state index contributed by atoms with van der Waals surface area (Å²) in [5, 5.41) is 3.26. The van der Waals surface area contributed by atoms with Gasteiger partial charge in [-0.05, 0) is 39.5 Å². The number of amides is 2. The lowest BCUT2D eigenvalue weighted by Gasteiger charge is -2.34. The maximum atomic E-state index is 12.3. The number of ether oxygens (including phenoxy) is 1. The Morgan fingerprint density at radius 3 is 2.18 bits per heavy atom. The standard InChI is InChI=1S/C16H29N3O3/c1-16(2,3)22-15(21)19-8-4-13(5-9-19)12-14(20)18-10-6-17-7-11-18/h13,17H,4-12H2,1-3H3. The number of nitrogens with one attached hydrogen (secondary N) is 1. The molecule has 2 aliphatic heterocycles. The molecule has 1 N–H and O–H groups in total. The molecular weight excluding hydrogens is 282 g/mol. The highest BCUT2D eigenvalue weighted by atomic mass is 16.6. The molecule has 0 unspecified atom stereocenters. The van der Waals surface area contributed by atoms with Crippen LogP contribution in [0, 0.1) is 5.92 Å². The summed E-state index contributed by atoms with van der Waals surface area (Å²) >= 11 is 0. The molecule has 0 aliphatic carbocycles. The van der Waals surface area contributed by atoms with Gasteiger partial charge < -0.3 is 19.9 Å². The third-order valence-corrected chi connectivity index (χ3v) is 4.20. The molecule has 0 bridgehead atoms.